The van der Waals surface area contributed by atoms with Crippen molar-refractivity contribution in [3.63, 3.8) is 0 Å². The molecule has 1 aromatic heterocycles. The molecular formula is C10H17N3O. The van der Waals surface area contributed by atoms with Gasteiger partial charge in [0.15, 0.2) is 0 Å². The van der Waals surface area contributed by atoms with Gasteiger partial charge in [0.05, 0.1) is 5.56 Å². The first-order valence-electron chi connectivity index (χ1n) is 4.62. The number of nitrogens with zero attached hydrogens (tertiary/aromatic N) is 2. The molecule has 0 aliphatic heterocycles. The highest BCUT2D eigenvalue weighted by molar-refractivity contribution is 5.47. The monoisotopic (exact) mass is 195 g/mol. The quantitative estimate of drug-likeness (QED) is 0.784. The number of hydrogen-bond acceptors (Lipinski definition) is 4. The van der Waals surface area contributed by atoms with Crippen molar-refractivity contribution in [3.8, 4) is 5.88 Å². The summed E-state index contributed by atoms with van der Waals surface area (Å²) < 4.78 is 5.68. The zero-order valence-electron chi connectivity index (χ0n) is 9.38. The molecule has 0 saturated carbocycles. The molecule has 0 aliphatic rings. The molecule has 0 fully saturated rings. The van der Waals surface area contributed by atoms with Crippen LogP contribution in [0.25, 0.3) is 0 Å². The summed E-state index contributed by atoms with van der Waals surface area (Å²) >= 11 is 0. The third-order valence-corrected chi connectivity index (χ3v) is 1.68. The van der Waals surface area contributed by atoms with E-state index in [9.17, 15) is 0 Å². The van der Waals surface area contributed by atoms with Crippen LogP contribution in [0.4, 0.5) is 5.82 Å². The Kier molecular flexibility index (Phi) is 2.93. The van der Waals surface area contributed by atoms with Gasteiger partial charge in [-0.2, -0.15) is 0 Å². The van der Waals surface area contributed by atoms with Crippen molar-refractivity contribution in [2.75, 3.05) is 12.4 Å². The predicted molar refractivity (Wildman–Crippen MR) is 56.7 cm³/mol. The molecule has 0 saturated heterocycles. The van der Waals surface area contributed by atoms with E-state index in [1.54, 1.807) is 0 Å². The Labute approximate surface area is 84.7 Å². The van der Waals surface area contributed by atoms with E-state index in [1.165, 1.54) is 6.33 Å². The molecule has 1 aromatic rings. The predicted octanol–water partition coefficient (Wildman–Crippen LogP) is 2.00. The van der Waals surface area contributed by atoms with Gasteiger partial charge in [-0.25, -0.2) is 9.97 Å². The molecule has 0 atom stereocenters. The molecule has 0 spiro atoms. The smallest absolute Gasteiger partial charge is 0.222 e. The maximum atomic E-state index is 5.68. The van der Waals surface area contributed by atoms with Crippen LogP contribution >= 0.6 is 0 Å². The van der Waals surface area contributed by atoms with E-state index < -0.39 is 0 Å². The summed E-state index contributed by atoms with van der Waals surface area (Å²) in [6.45, 7) is 7.92. The van der Waals surface area contributed by atoms with Gasteiger partial charge >= 0.3 is 0 Å². The van der Waals surface area contributed by atoms with Crippen LogP contribution in [0, 0.1) is 6.92 Å². The maximum Gasteiger partial charge on any atom is 0.222 e. The summed E-state index contributed by atoms with van der Waals surface area (Å²) in [5.74, 6) is 1.44. The van der Waals surface area contributed by atoms with Crippen molar-refractivity contribution >= 4 is 5.82 Å². The van der Waals surface area contributed by atoms with E-state index in [2.05, 4.69) is 15.3 Å². The number of aromatic nitrogens is 2. The summed E-state index contributed by atoms with van der Waals surface area (Å²) in [7, 11) is 1.83. The van der Waals surface area contributed by atoms with Crippen LogP contribution in [0.1, 0.15) is 26.3 Å². The number of rotatable bonds is 2. The van der Waals surface area contributed by atoms with E-state index in [0.29, 0.717) is 5.88 Å². The zero-order chi connectivity index (χ0) is 10.8. The van der Waals surface area contributed by atoms with Gasteiger partial charge in [-0.15, -0.1) is 0 Å². The standard InChI is InChI=1S/C10H17N3O/c1-7-8(11-5)12-6-13-9(7)14-10(2,3)4/h6H,1-5H3,(H,11,12,13). The minimum Gasteiger partial charge on any atom is -0.472 e. The summed E-state index contributed by atoms with van der Waals surface area (Å²) in [6.07, 6.45) is 1.50. The van der Waals surface area contributed by atoms with Crippen LogP contribution in [0.5, 0.6) is 5.88 Å². The molecule has 1 rings (SSSR count). The van der Waals surface area contributed by atoms with Crippen LogP contribution in [-0.4, -0.2) is 22.6 Å². The van der Waals surface area contributed by atoms with Gasteiger partial charge in [0.2, 0.25) is 5.88 Å². The number of hydrogen-bond donors (Lipinski definition) is 1. The summed E-state index contributed by atoms with van der Waals surface area (Å²) in [5, 5.41) is 2.99. The Morgan fingerprint density at radius 1 is 1.29 bits per heavy atom. The van der Waals surface area contributed by atoms with Crippen molar-refractivity contribution in [1.29, 1.82) is 0 Å². The van der Waals surface area contributed by atoms with Crippen LogP contribution < -0.4 is 10.1 Å². The number of nitrogens with one attached hydrogen (secondary N) is 1. The highest BCUT2D eigenvalue weighted by Crippen LogP contribution is 2.23. The van der Waals surface area contributed by atoms with Gasteiger partial charge in [0.1, 0.15) is 17.7 Å². The molecule has 4 heteroatoms. The molecule has 4 nitrogen and oxygen atoms in total. The van der Waals surface area contributed by atoms with Gasteiger partial charge in [0.25, 0.3) is 0 Å². The fourth-order valence-electron chi connectivity index (χ4n) is 1.08. The summed E-state index contributed by atoms with van der Waals surface area (Å²) in [5.41, 5.74) is 0.703. The second-order valence-corrected chi connectivity index (χ2v) is 4.12. The molecule has 1 heterocycles. The minimum atomic E-state index is -0.232. The largest absolute Gasteiger partial charge is 0.472 e. The second kappa shape index (κ2) is 3.82. The fourth-order valence-corrected chi connectivity index (χ4v) is 1.08. The lowest BCUT2D eigenvalue weighted by Crippen LogP contribution is -2.24. The normalized spacial score (nSPS) is 11.2. The van der Waals surface area contributed by atoms with E-state index in [4.69, 9.17) is 4.74 Å². The SMILES string of the molecule is CNc1ncnc(OC(C)(C)C)c1C. The maximum absolute atomic E-state index is 5.68. The van der Waals surface area contributed by atoms with Crippen LogP contribution in [0.15, 0.2) is 6.33 Å². The minimum absolute atomic E-state index is 0.232. The Balaban J connectivity index is 2.98. The molecule has 0 amide bonds. The van der Waals surface area contributed by atoms with Crippen molar-refractivity contribution in [3.05, 3.63) is 11.9 Å². The van der Waals surface area contributed by atoms with Gasteiger partial charge < -0.3 is 10.1 Å². The van der Waals surface area contributed by atoms with Gasteiger partial charge in [-0.05, 0) is 27.7 Å². The number of anilines is 1. The molecule has 0 aliphatic carbocycles. The first-order valence-corrected chi connectivity index (χ1v) is 4.62. The molecule has 1 N–H and O–H groups in total. The third-order valence-electron chi connectivity index (χ3n) is 1.68. The Morgan fingerprint density at radius 3 is 2.43 bits per heavy atom. The van der Waals surface area contributed by atoms with Gasteiger partial charge in [-0.1, -0.05) is 0 Å². The van der Waals surface area contributed by atoms with Crippen LogP contribution in [-0.2, 0) is 0 Å². The van der Waals surface area contributed by atoms with Crippen LogP contribution in [0.2, 0.25) is 0 Å². The van der Waals surface area contributed by atoms with Crippen molar-refractivity contribution < 1.29 is 4.74 Å². The number of ether oxygens (including phenoxy) is 1. The zero-order valence-corrected chi connectivity index (χ0v) is 9.38. The molecular weight excluding hydrogens is 178 g/mol. The molecule has 0 bridgehead atoms. The summed E-state index contributed by atoms with van der Waals surface area (Å²) in [4.78, 5) is 8.18. The first kappa shape index (κ1) is 10.8. The molecule has 0 aromatic carbocycles. The highest BCUT2D eigenvalue weighted by atomic mass is 16.5. The van der Waals surface area contributed by atoms with E-state index in [1.807, 2.05) is 34.7 Å². The van der Waals surface area contributed by atoms with Gasteiger partial charge in [-0.3, -0.25) is 0 Å². The lowest BCUT2D eigenvalue weighted by molar-refractivity contribution is 0.123. The first-order chi connectivity index (χ1) is 6.44. The lowest BCUT2D eigenvalue weighted by atomic mass is 10.2. The van der Waals surface area contributed by atoms with Crippen molar-refractivity contribution in [1.82, 2.24) is 9.97 Å². The molecule has 0 unspecified atom stereocenters. The molecule has 0 radical (unpaired) electrons. The summed E-state index contributed by atoms with van der Waals surface area (Å²) in [6, 6.07) is 0. The highest BCUT2D eigenvalue weighted by Gasteiger charge is 2.15. The second-order valence-electron chi connectivity index (χ2n) is 4.12. The third kappa shape index (κ3) is 2.58. The van der Waals surface area contributed by atoms with Gasteiger partial charge in [0, 0.05) is 7.05 Å². The van der Waals surface area contributed by atoms with Crippen LogP contribution in [0.3, 0.4) is 0 Å². The van der Waals surface area contributed by atoms with Crippen molar-refractivity contribution in [2.24, 2.45) is 0 Å². The Morgan fingerprint density at radius 2 is 1.93 bits per heavy atom. The topological polar surface area (TPSA) is 47.0 Å². The lowest BCUT2D eigenvalue weighted by Gasteiger charge is -2.21. The average molecular weight is 195 g/mol. The van der Waals surface area contributed by atoms with E-state index in [-0.39, 0.29) is 5.60 Å². The molecule has 78 valence electrons. The molecule has 14 heavy (non-hydrogen) atoms. The average Bonchev–Trinajstić information content (AvgIpc) is 2.06. The van der Waals surface area contributed by atoms with E-state index >= 15 is 0 Å². The van der Waals surface area contributed by atoms with Crippen molar-refractivity contribution in [2.45, 2.75) is 33.3 Å². The van der Waals surface area contributed by atoms with E-state index in [0.717, 1.165) is 11.4 Å². The Bertz CT molecular complexity index is 318. The Hall–Kier alpha value is -1.32. The fraction of sp³-hybridized carbons (Fsp3) is 0.600.